The van der Waals surface area contributed by atoms with E-state index < -0.39 is 12.0 Å². The number of nitrogens with zero attached hydrogens (tertiary/aromatic N) is 2. The molecule has 0 amide bonds. The minimum absolute atomic E-state index is 0.194. The van der Waals surface area contributed by atoms with Crippen LogP contribution in [0, 0.1) is 0 Å². The maximum Gasteiger partial charge on any atom is 0.338 e. The van der Waals surface area contributed by atoms with Crippen LogP contribution in [0.4, 0.5) is 0 Å². The van der Waals surface area contributed by atoms with E-state index in [4.69, 9.17) is 18.9 Å². The number of thiazole rings is 1. The summed E-state index contributed by atoms with van der Waals surface area (Å²) in [4.78, 5) is 32.4. The summed E-state index contributed by atoms with van der Waals surface area (Å²) in [7, 11) is 4.70. The van der Waals surface area contributed by atoms with Gasteiger partial charge in [-0.3, -0.25) is 9.36 Å². The van der Waals surface area contributed by atoms with E-state index in [0.29, 0.717) is 43.4 Å². The van der Waals surface area contributed by atoms with Crippen molar-refractivity contribution >= 4 is 34.2 Å². The Bertz CT molecular complexity index is 1800. The van der Waals surface area contributed by atoms with Crippen LogP contribution in [0.5, 0.6) is 17.2 Å². The Morgan fingerprint density at radius 2 is 1.72 bits per heavy atom. The van der Waals surface area contributed by atoms with E-state index in [-0.39, 0.29) is 12.2 Å². The van der Waals surface area contributed by atoms with Crippen LogP contribution in [0.3, 0.4) is 0 Å². The molecule has 0 aliphatic carbocycles. The van der Waals surface area contributed by atoms with Crippen LogP contribution >= 0.6 is 11.3 Å². The van der Waals surface area contributed by atoms with Crippen LogP contribution in [-0.2, 0) is 9.53 Å². The molecule has 0 saturated carbocycles. The lowest BCUT2D eigenvalue weighted by Crippen LogP contribution is -2.40. The highest BCUT2D eigenvalue weighted by atomic mass is 32.1. The van der Waals surface area contributed by atoms with Gasteiger partial charge < -0.3 is 18.9 Å². The Morgan fingerprint density at radius 1 is 1.00 bits per heavy atom. The second-order valence-corrected chi connectivity index (χ2v) is 9.83. The molecule has 3 aromatic carbocycles. The summed E-state index contributed by atoms with van der Waals surface area (Å²) < 4.78 is 24.0. The number of benzene rings is 3. The topological polar surface area (TPSA) is 88.4 Å². The van der Waals surface area contributed by atoms with Crippen molar-refractivity contribution in [2.75, 3.05) is 27.9 Å². The molecule has 0 spiro atoms. The first-order valence-electron chi connectivity index (χ1n) is 12.4. The van der Waals surface area contributed by atoms with Crippen LogP contribution < -0.4 is 29.1 Å². The van der Waals surface area contributed by atoms with Crippen molar-refractivity contribution in [3.63, 3.8) is 0 Å². The van der Waals surface area contributed by atoms with E-state index in [1.807, 2.05) is 48.5 Å². The van der Waals surface area contributed by atoms with Crippen LogP contribution in [0.15, 0.2) is 75.7 Å². The van der Waals surface area contributed by atoms with E-state index in [1.54, 1.807) is 44.8 Å². The minimum atomic E-state index is -0.767. The van der Waals surface area contributed by atoms with Gasteiger partial charge in [0.2, 0.25) is 0 Å². The van der Waals surface area contributed by atoms with E-state index in [0.717, 1.165) is 16.3 Å². The van der Waals surface area contributed by atoms with E-state index in [2.05, 4.69) is 4.99 Å². The van der Waals surface area contributed by atoms with Gasteiger partial charge in [-0.25, -0.2) is 9.79 Å². The Labute approximate surface area is 229 Å². The molecule has 0 saturated heterocycles. The second kappa shape index (κ2) is 10.8. The monoisotopic (exact) mass is 544 g/mol. The van der Waals surface area contributed by atoms with Crippen LogP contribution in [-0.4, -0.2) is 38.5 Å². The first-order valence-corrected chi connectivity index (χ1v) is 13.2. The van der Waals surface area contributed by atoms with Crippen molar-refractivity contribution in [3.05, 3.63) is 96.7 Å². The lowest BCUT2D eigenvalue weighted by atomic mass is 9.95. The van der Waals surface area contributed by atoms with Crippen molar-refractivity contribution in [1.29, 1.82) is 0 Å². The van der Waals surface area contributed by atoms with Gasteiger partial charge in [0.15, 0.2) is 16.3 Å². The first kappa shape index (κ1) is 26.2. The molecule has 0 unspecified atom stereocenters. The fraction of sp³-hybridized carbons (Fsp3) is 0.233. The number of aromatic nitrogens is 1. The normalized spacial score (nSPS) is 15.1. The standard InChI is InChI=1S/C30H28N2O6S/c1-6-38-29(34)26-17(2)31-30-32(27(26)19-12-14-23(36-4)24(15-19)37-5)28(33)25(39-30)16-21-20-10-8-7-9-18(20)11-13-22(21)35-3/h7-16,27H,6H2,1-5H3/b25-16-/t27-/m0/s1. The predicted molar refractivity (Wildman–Crippen MR) is 150 cm³/mol. The largest absolute Gasteiger partial charge is 0.496 e. The molecule has 5 rings (SSSR count). The molecule has 0 radical (unpaired) electrons. The van der Waals surface area contributed by atoms with Crippen LogP contribution in [0.25, 0.3) is 16.8 Å². The summed E-state index contributed by atoms with van der Waals surface area (Å²) in [5, 5.41) is 1.99. The molecule has 4 aromatic rings. The quantitative estimate of drug-likeness (QED) is 0.327. The number of methoxy groups -OCH3 is 3. The van der Waals surface area contributed by atoms with Gasteiger partial charge in [-0.1, -0.05) is 47.7 Å². The molecule has 0 N–H and O–H groups in total. The summed E-state index contributed by atoms with van der Waals surface area (Å²) in [6.45, 7) is 3.69. The number of rotatable bonds is 7. The third-order valence-electron chi connectivity index (χ3n) is 6.67. The molecule has 39 heavy (non-hydrogen) atoms. The Hall–Kier alpha value is -4.37. The van der Waals surface area contributed by atoms with Gasteiger partial charge in [-0.15, -0.1) is 0 Å². The summed E-state index contributed by atoms with van der Waals surface area (Å²) >= 11 is 1.26. The molecule has 8 nitrogen and oxygen atoms in total. The van der Waals surface area contributed by atoms with Gasteiger partial charge in [0.05, 0.1) is 49.8 Å². The molecule has 200 valence electrons. The number of hydrogen-bond acceptors (Lipinski definition) is 8. The van der Waals surface area contributed by atoms with Gasteiger partial charge >= 0.3 is 5.97 Å². The zero-order chi connectivity index (χ0) is 27.7. The molecule has 0 fully saturated rings. The lowest BCUT2D eigenvalue weighted by Gasteiger charge is -2.25. The average Bonchev–Trinajstić information content (AvgIpc) is 3.26. The third kappa shape index (κ3) is 4.59. The number of carbonyl (C=O) groups excluding carboxylic acids is 1. The van der Waals surface area contributed by atoms with Gasteiger partial charge in [0.25, 0.3) is 5.56 Å². The zero-order valence-corrected chi connectivity index (χ0v) is 23.1. The van der Waals surface area contributed by atoms with Crippen molar-refractivity contribution in [2.45, 2.75) is 19.9 Å². The number of fused-ring (bicyclic) bond motifs is 2. The second-order valence-electron chi connectivity index (χ2n) is 8.82. The van der Waals surface area contributed by atoms with Crippen molar-refractivity contribution in [1.82, 2.24) is 4.57 Å². The summed E-state index contributed by atoms with van der Waals surface area (Å²) in [5.74, 6) is 1.15. The number of ether oxygens (including phenoxy) is 4. The number of carbonyl (C=O) groups is 1. The Kier molecular flexibility index (Phi) is 7.26. The first-order chi connectivity index (χ1) is 18.9. The van der Waals surface area contributed by atoms with Crippen molar-refractivity contribution in [2.24, 2.45) is 4.99 Å². The van der Waals surface area contributed by atoms with Crippen LogP contribution in [0.2, 0.25) is 0 Å². The van der Waals surface area contributed by atoms with Gasteiger partial charge in [0, 0.05) is 5.56 Å². The smallest absolute Gasteiger partial charge is 0.338 e. The summed E-state index contributed by atoms with van der Waals surface area (Å²) in [6.07, 6.45) is 1.83. The maximum absolute atomic E-state index is 14.1. The number of hydrogen-bond donors (Lipinski definition) is 0. The zero-order valence-electron chi connectivity index (χ0n) is 22.3. The van der Waals surface area contributed by atoms with Crippen molar-refractivity contribution in [3.8, 4) is 17.2 Å². The number of allylic oxidation sites excluding steroid dienone is 1. The van der Waals surface area contributed by atoms with Crippen LogP contribution in [0.1, 0.15) is 31.0 Å². The molecular weight excluding hydrogens is 516 g/mol. The summed E-state index contributed by atoms with van der Waals surface area (Å²) in [5.41, 5.74) is 1.97. The van der Waals surface area contributed by atoms with E-state index in [1.165, 1.54) is 18.4 Å². The maximum atomic E-state index is 14.1. The number of esters is 1. The van der Waals surface area contributed by atoms with Gasteiger partial charge in [0.1, 0.15) is 5.75 Å². The Morgan fingerprint density at radius 3 is 2.44 bits per heavy atom. The van der Waals surface area contributed by atoms with E-state index in [9.17, 15) is 9.59 Å². The third-order valence-corrected chi connectivity index (χ3v) is 7.65. The predicted octanol–water partition coefficient (Wildman–Crippen LogP) is 3.98. The SMILES string of the molecule is CCOC(=O)C1=C(C)N=c2s/c(=C\c3c(OC)ccc4ccccc34)c(=O)n2[C@H]1c1ccc(OC)c(OC)c1. The average molecular weight is 545 g/mol. The molecule has 2 heterocycles. The molecule has 1 atom stereocenters. The lowest BCUT2D eigenvalue weighted by molar-refractivity contribution is -0.139. The highest BCUT2D eigenvalue weighted by Gasteiger charge is 2.34. The van der Waals surface area contributed by atoms with Gasteiger partial charge in [-0.2, -0.15) is 0 Å². The minimum Gasteiger partial charge on any atom is -0.496 e. The Balaban J connectivity index is 1.79. The molecule has 0 bridgehead atoms. The van der Waals surface area contributed by atoms with E-state index >= 15 is 0 Å². The highest BCUT2D eigenvalue weighted by Crippen LogP contribution is 2.36. The fourth-order valence-electron chi connectivity index (χ4n) is 4.86. The van der Waals surface area contributed by atoms with Gasteiger partial charge in [-0.05, 0) is 54.5 Å². The van der Waals surface area contributed by atoms with Crippen molar-refractivity contribution < 1.29 is 23.7 Å². The summed E-state index contributed by atoms with van der Waals surface area (Å²) in [6, 6.07) is 16.4. The molecule has 9 heteroatoms. The molecule has 1 aliphatic rings. The fourth-order valence-corrected chi connectivity index (χ4v) is 5.89. The molecule has 1 aliphatic heterocycles. The molecular formula is C30H28N2O6S. The molecule has 1 aromatic heterocycles. The highest BCUT2D eigenvalue weighted by molar-refractivity contribution is 7.07.